The lowest BCUT2D eigenvalue weighted by Gasteiger charge is -2.10. The van der Waals surface area contributed by atoms with E-state index >= 15 is 0 Å². The zero-order valence-electron chi connectivity index (χ0n) is 12.4. The van der Waals surface area contributed by atoms with Gasteiger partial charge in [-0.3, -0.25) is 4.99 Å². The molecule has 1 aromatic rings. The van der Waals surface area contributed by atoms with Crippen LogP contribution in [0, 0.1) is 12.7 Å². The number of hydrogen-bond donors (Lipinski definition) is 1. The number of ether oxygens (including phenoxy) is 1. The van der Waals surface area contributed by atoms with Crippen LogP contribution in [0.1, 0.15) is 30.9 Å². The fourth-order valence-electron chi connectivity index (χ4n) is 1.81. The Labute approximate surface area is 136 Å². The Morgan fingerprint density at radius 3 is 2.82 bits per heavy atom. The highest BCUT2D eigenvalue weighted by Gasteiger charge is 2.23. The van der Waals surface area contributed by atoms with Crippen LogP contribution in [0.4, 0.5) is 4.39 Å². The maximum Gasteiger partial charge on any atom is 0.343 e. The number of rotatable bonds is 5. The van der Waals surface area contributed by atoms with Crippen molar-refractivity contribution in [3.05, 3.63) is 39.1 Å². The van der Waals surface area contributed by atoms with E-state index in [1.807, 2.05) is 0 Å². The Kier molecular flexibility index (Phi) is 5.34. The van der Waals surface area contributed by atoms with Crippen molar-refractivity contribution in [2.24, 2.45) is 4.99 Å². The molecule has 1 aromatic carbocycles. The second-order valence-corrected chi connectivity index (χ2v) is 5.88. The minimum absolute atomic E-state index is 0.0500. The Hall–Kier alpha value is -1.69. The third-order valence-electron chi connectivity index (χ3n) is 3.29. The molecular weight excluding hydrogens is 353 g/mol. The molecule has 0 aromatic heterocycles. The molecule has 1 fully saturated rings. The number of esters is 1. The Balaban J connectivity index is 2.47. The van der Waals surface area contributed by atoms with Crippen LogP contribution in [0.15, 0.2) is 27.2 Å². The van der Waals surface area contributed by atoms with Crippen molar-refractivity contribution in [3.63, 3.8) is 0 Å². The van der Waals surface area contributed by atoms with E-state index < -0.39 is 17.5 Å². The van der Waals surface area contributed by atoms with E-state index in [1.54, 1.807) is 19.9 Å². The van der Waals surface area contributed by atoms with Gasteiger partial charge in [0.1, 0.15) is 17.1 Å². The summed E-state index contributed by atoms with van der Waals surface area (Å²) < 4.78 is 19.8. The molecule has 0 saturated heterocycles. The van der Waals surface area contributed by atoms with Crippen LogP contribution in [0.3, 0.4) is 0 Å². The van der Waals surface area contributed by atoms with Gasteiger partial charge in [0, 0.05) is 10.7 Å². The first-order chi connectivity index (χ1) is 10.5. The summed E-state index contributed by atoms with van der Waals surface area (Å²) in [6.45, 7) is 3.40. The average Bonchev–Trinajstić information content (AvgIpc) is 3.29. The number of halogens is 2. The number of nitrogens with zero attached hydrogens (tertiary/aromatic N) is 1. The molecule has 0 bridgehead atoms. The monoisotopic (exact) mass is 369 g/mol. The summed E-state index contributed by atoms with van der Waals surface area (Å²) in [5, 5.41) is 10.3. The molecule has 0 heterocycles. The maximum absolute atomic E-state index is 14.3. The largest absolute Gasteiger partial charge is 0.506 e. The summed E-state index contributed by atoms with van der Waals surface area (Å²) in [6, 6.07) is 3.20. The van der Waals surface area contributed by atoms with Crippen LogP contribution in [0.5, 0.6) is 0 Å². The minimum atomic E-state index is -0.718. The first kappa shape index (κ1) is 16.7. The molecule has 0 radical (unpaired) electrons. The van der Waals surface area contributed by atoms with Gasteiger partial charge in [-0.1, -0.05) is 15.9 Å². The molecule has 1 saturated carbocycles. The topological polar surface area (TPSA) is 58.9 Å². The maximum atomic E-state index is 14.3. The van der Waals surface area contributed by atoms with Crippen molar-refractivity contribution in [2.75, 3.05) is 6.61 Å². The summed E-state index contributed by atoms with van der Waals surface area (Å²) in [5.41, 5.74) is 0.173. The van der Waals surface area contributed by atoms with Crippen LogP contribution in [-0.4, -0.2) is 29.9 Å². The molecule has 0 amide bonds. The van der Waals surface area contributed by atoms with Crippen molar-refractivity contribution in [1.82, 2.24) is 0 Å². The van der Waals surface area contributed by atoms with Gasteiger partial charge in [-0.05, 0) is 44.4 Å². The number of carbonyl (C=O) groups is 1. The van der Waals surface area contributed by atoms with Crippen molar-refractivity contribution in [1.29, 1.82) is 0 Å². The van der Waals surface area contributed by atoms with E-state index in [9.17, 15) is 14.3 Å². The average molecular weight is 370 g/mol. The summed E-state index contributed by atoms with van der Waals surface area (Å²) >= 11 is 3.22. The highest BCUT2D eigenvalue weighted by atomic mass is 79.9. The van der Waals surface area contributed by atoms with Gasteiger partial charge >= 0.3 is 5.97 Å². The second-order valence-electron chi connectivity index (χ2n) is 5.03. The van der Waals surface area contributed by atoms with E-state index in [2.05, 4.69) is 20.9 Å². The van der Waals surface area contributed by atoms with E-state index in [4.69, 9.17) is 4.74 Å². The fourth-order valence-corrected chi connectivity index (χ4v) is 2.12. The van der Waals surface area contributed by atoms with Crippen molar-refractivity contribution >= 4 is 33.9 Å². The van der Waals surface area contributed by atoms with E-state index in [0.717, 1.165) is 12.8 Å². The van der Waals surface area contributed by atoms with E-state index in [0.29, 0.717) is 10.0 Å². The quantitative estimate of drug-likeness (QED) is 0.369. The molecule has 0 spiro atoms. The van der Waals surface area contributed by atoms with Gasteiger partial charge in [0.15, 0.2) is 0 Å². The zero-order valence-corrected chi connectivity index (χ0v) is 14.0. The molecular formula is C16H17BrFNO3. The summed E-state index contributed by atoms with van der Waals surface area (Å²) in [7, 11) is 0. The molecule has 1 N–H and O–H groups in total. The van der Waals surface area contributed by atoms with E-state index in [1.165, 1.54) is 12.3 Å². The van der Waals surface area contributed by atoms with Gasteiger partial charge in [0.25, 0.3) is 0 Å². The Bertz CT molecular complexity index is 651. The van der Waals surface area contributed by atoms with Gasteiger partial charge in [-0.15, -0.1) is 0 Å². The molecule has 1 aliphatic carbocycles. The molecule has 6 heteroatoms. The number of aliphatic imine (C=N–C) groups is 1. The molecule has 4 nitrogen and oxygen atoms in total. The number of hydrogen-bond acceptors (Lipinski definition) is 4. The Morgan fingerprint density at radius 1 is 1.55 bits per heavy atom. The summed E-state index contributed by atoms with van der Waals surface area (Å²) in [5.74, 6) is -1.77. The lowest BCUT2D eigenvalue weighted by atomic mass is 10.1. The molecule has 0 unspecified atom stereocenters. The van der Waals surface area contributed by atoms with Gasteiger partial charge < -0.3 is 9.84 Å². The van der Waals surface area contributed by atoms with Gasteiger partial charge in [-0.25, -0.2) is 9.18 Å². The third-order valence-corrected chi connectivity index (χ3v) is 4.15. The molecule has 0 aliphatic heterocycles. The lowest BCUT2D eigenvalue weighted by molar-refractivity contribution is -0.137. The van der Waals surface area contributed by atoms with E-state index in [-0.39, 0.29) is 23.8 Å². The molecule has 0 atom stereocenters. The fraction of sp³-hybridized carbons (Fsp3) is 0.375. The zero-order chi connectivity index (χ0) is 16.3. The summed E-state index contributed by atoms with van der Waals surface area (Å²) in [6.07, 6.45) is 3.19. The van der Waals surface area contributed by atoms with Gasteiger partial charge in [0.05, 0.1) is 18.2 Å². The number of benzene rings is 1. The van der Waals surface area contributed by atoms with Crippen LogP contribution in [0.2, 0.25) is 0 Å². The van der Waals surface area contributed by atoms with Crippen LogP contribution in [0.25, 0.3) is 5.76 Å². The number of carbonyl (C=O) groups excluding carboxylic acids is 1. The molecule has 118 valence electrons. The standard InChI is InChI=1S/C16H17BrFNO3/c1-3-22-16(21)12(8-19-10-4-5-10)15(20)11-6-7-13(17)9(2)14(11)18/h6-8,10,20H,3-5H2,1-2H3. The highest BCUT2D eigenvalue weighted by Crippen LogP contribution is 2.28. The number of aliphatic hydroxyl groups excluding tert-OH is 1. The third kappa shape index (κ3) is 3.74. The molecule has 2 rings (SSSR count). The van der Waals surface area contributed by atoms with Crippen molar-refractivity contribution in [3.8, 4) is 0 Å². The lowest BCUT2D eigenvalue weighted by Crippen LogP contribution is -2.12. The molecule has 22 heavy (non-hydrogen) atoms. The van der Waals surface area contributed by atoms with Crippen molar-refractivity contribution in [2.45, 2.75) is 32.7 Å². The van der Waals surface area contributed by atoms with Crippen LogP contribution >= 0.6 is 15.9 Å². The first-order valence-electron chi connectivity index (χ1n) is 7.04. The van der Waals surface area contributed by atoms with Gasteiger partial charge in [-0.2, -0.15) is 0 Å². The van der Waals surface area contributed by atoms with Crippen LogP contribution in [-0.2, 0) is 9.53 Å². The summed E-state index contributed by atoms with van der Waals surface area (Å²) in [4.78, 5) is 16.2. The van der Waals surface area contributed by atoms with Crippen LogP contribution < -0.4 is 0 Å². The van der Waals surface area contributed by atoms with Gasteiger partial charge in [0.2, 0.25) is 0 Å². The smallest absolute Gasteiger partial charge is 0.343 e. The highest BCUT2D eigenvalue weighted by molar-refractivity contribution is 9.10. The Morgan fingerprint density at radius 2 is 2.23 bits per heavy atom. The first-order valence-corrected chi connectivity index (χ1v) is 7.83. The normalized spacial score (nSPS) is 15.8. The molecule has 1 aliphatic rings. The predicted octanol–water partition coefficient (Wildman–Crippen LogP) is 3.96. The predicted molar refractivity (Wildman–Crippen MR) is 86.5 cm³/mol. The number of aliphatic hydroxyl groups is 1. The van der Waals surface area contributed by atoms with Crippen molar-refractivity contribution < 1.29 is 19.0 Å². The SMILES string of the molecule is CCOC(=O)C(C=NC1CC1)=C(O)c1ccc(Br)c(C)c1F. The minimum Gasteiger partial charge on any atom is -0.506 e. The second kappa shape index (κ2) is 7.05.